The number of hydrogen-bond acceptors (Lipinski definition) is 3. The molecule has 136 valence electrons. The fourth-order valence-electron chi connectivity index (χ4n) is 3.43. The molecule has 0 bridgehead atoms. The van der Waals surface area contributed by atoms with E-state index in [1.165, 1.54) is 5.56 Å². The Labute approximate surface area is 168 Å². The number of anilines is 1. The van der Waals surface area contributed by atoms with Crippen molar-refractivity contribution < 1.29 is 4.74 Å². The van der Waals surface area contributed by atoms with Crippen LogP contribution in [-0.2, 0) is 0 Å². The van der Waals surface area contributed by atoms with Gasteiger partial charge in [-0.15, -0.1) is 0 Å². The van der Waals surface area contributed by atoms with E-state index < -0.39 is 0 Å². The summed E-state index contributed by atoms with van der Waals surface area (Å²) in [7, 11) is 0. The van der Waals surface area contributed by atoms with E-state index in [1.54, 1.807) is 0 Å². The molecule has 3 aromatic rings. The lowest BCUT2D eigenvalue weighted by molar-refractivity contribution is 0.334. The zero-order valence-electron chi connectivity index (χ0n) is 15.2. The Morgan fingerprint density at radius 2 is 1.67 bits per heavy atom. The number of hydrazone groups is 1. The smallest absolute Gasteiger partial charge is 0.124 e. The van der Waals surface area contributed by atoms with Crippen LogP contribution in [0.2, 0.25) is 0 Å². The molecule has 0 amide bonds. The number of para-hydroxylation sites is 2. The second-order valence-electron chi connectivity index (χ2n) is 6.42. The molecule has 0 aromatic heterocycles. The molecule has 0 radical (unpaired) electrons. The molecule has 0 unspecified atom stereocenters. The van der Waals surface area contributed by atoms with E-state index in [1.807, 2.05) is 37.3 Å². The van der Waals surface area contributed by atoms with Crippen LogP contribution in [0.4, 0.5) is 5.69 Å². The third-order valence-electron chi connectivity index (χ3n) is 4.69. The number of halogens is 1. The first-order valence-corrected chi connectivity index (χ1v) is 9.95. The fraction of sp³-hybridized carbons (Fsp3) is 0.174. The average Bonchev–Trinajstić information content (AvgIpc) is 3.15. The van der Waals surface area contributed by atoms with Crippen molar-refractivity contribution in [1.82, 2.24) is 0 Å². The number of benzene rings is 3. The molecule has 3 aromatic carbocycles. The SMILES string of the molecule is CCOc1ccccc1[C@H]1CC(c2ccc(Br)cc2)=NN1c1ccccc1. The van der Waals surface area contributed by atoms with Crippen LogP contribution >= 0.6 is 15.9 Å². The molecule has 0 saturated carbocycles. The molecule has 1 aliphatic rings. The van der Waals surface area contributed by atoms with Gasteiger partial charge in [0, 0.05) is 16.5 Å². The quantitative estimate of drug-likeness (QED) is 0.490. The van der Waals surface area contributed by atoms with Gasteiger partial charge >= 0.3 is 0 Å². The molecule has 27 heavy (non-hydrogen) atoms. The van der Waals surface area contributed by atoms with Crippen LogP contribution in [0, 0.1) is 0 Å². The van der Waals surface area contributed by atoms with Crippen LogP contribution in [0.25, 0.3) is 0 Å². The van der Waals surface area contributed by atoms with Gasteiger partial charge in [-0.05, 0) is 42.8 Å². The van der Waals surface area contributed by atoms with Crippen molar-refractivity contribution in [2.24, 2.45) is 5.10 Å². The Balaban J connectivity index is 1.76. The molecular weight excluding hydrogens is 400 g/mol. The van der Waals surface area contributed by atoms with Gasteiger partial charge < -0.3 is 4.74 Å². The zero-order chi connectivity index (χ0) is 18.6. The largest absolute Gasteiger partial charge is 0.494 e. The van der Waals surface area contributed by atoms with Crippen LogP contribution in [0.3, 0.4) is 0 Å². The molecule has 3 nitrogen and oxygen atoms in total. The summed E-state index contributed by atoms with van der Waals surface area (Å²) in [5.41, 5.74) is 4.48. The molecule has 4 heteroatoms. The third-order valence-corrected chi connectivity index (χ3v) is 5.22. The minimum Gasteiger partial charge on any atom is -0.494 e. The van der Waals surface area contributed by atoms with Crippen molar-refractivity contribution >= 4 is 27.3 Å². The number of ether oxygens (including phenoxy) is 1. The first-order chi connectivity index (χ1) is 13.3. The van der Waals surface area contributed by atoms with Crippen LogP contribution < -0.4 is 9.75 Å². The molecule has 0 saturated heterocycles. The van der Waals surface area contributed by atoms with Crippen LogP contribution in [0.5, 0.6) is 5.75 Å². The second kappa shape index (κ2) is 7.97. The molecular formula is C23H21BrN2O. The molecule has 1 aliphatic heterocycles. The third kappa shape index (κ3) is 3.76. The fourth-order valence-corrected chi connectivity index (χ4v) is 3.70. The summed E-state index contributed by atoms with van der Waals surface area (Å²) in [6.45, 7) is 2.67. The predicted molar refractivity (Wildman–Crippen MR) is 115 cm³/mol. The lowest BCUT2D eigenvalue weighted by Gasteiger charge is -2.25. The monoisotopic (exact) mass is 420 g/mol. The highest BCUT2D eigenvalue weighted by molar-refractivity contribution is 9.10. The van der Waals surface area contributed by atoms with E-state index in [0.29, 0.717) is 6.61 Å². The molecule has 4 rings (SSSR count). The van der Waals surface area contributed by atoms with Gasteiger partial charge in [0.05, 0.1) is 24.0 Å². The lowest BCUT2D eigenvalue weighted by Crippen LogP contribution is -2.19. The number of nitrogens with zero attached hydrogens (tertiary/aromatic N) is 2. The first kappa shape index (κ1) is 17.8. The van der Waals surface area contributed by atoms with Crippen molar-refractivity contribution in [2.45, 2.75) is 19.4 Å². The second-order valence-corrected chi connectivity index (χ2v) is 7.34. The summed E-state index contributed by atoms with van der Waals surface area (Å²) in [5, 5.41) is 7.12. The first-order valence-electron chi connectivity index (χ1n) is 9.15. The number of hydrogen-bond donors (Lipinski definition) is 0. The molecule has 0 fully saturated rings. The predicted octanol–water partition coefficient (Wildman–Crippen LogP) is 6.20. The van der Waals surface area contributed by atoms with Gasteiger partial charge in [-0.3, -0.25) is 5.01 Å². The van der Waals surface area contributed by atoms with Gasteiger partial charge in [0.15, 0.2) is 0 Å². The van der Waals surface area contributed by atoms with Crippen LogP contribution in [0.1, 0.15) is 30.5 Å². The van der Waals surface area contributed by atoms with Crippen molar-refractivity contribution in [2.75, 3.05) is 11.6 Å². The van der Waals surface area contributed by atoms with E-state index in [-0.39, 0.29) is 6.04 Å². The maximum Gasteiger partial charge on any atom is 0.124 e. The Morgan fingerprint density at radius 1 is 0.963 bits per heavy atom. The molecule has 0 aliphatic carbocycles. The summed E-state index contributed by atoms with van der Waals surface area (Å²) in [4.78, 5) is 0. The van der Waals surface area contributed by atoms with E-state index >= 15 is 0 Å². The zero-order valence-corrected chi connectivity index (χ0v) is 16.8. The highest BCUT2D eigenvalue weighted by Crippen LogP contribution is 2.40. The normalized spacial score (nSPS) is 16.3. The van der Waals surface area contributed by atoms with Crippen LogP contribution in [-0.4, -0.2) is 12.3 Å². The maximum absolute atomic E-state index is 5.91. The Morgan fingerprint density at radius 3 is 2.41 bits per heavy atom. The lowest BCUT2D eigenvalue weighted by atomic mass is 9.97. The Bertz CT molecular complexity index is 938. The van der Waals surface area contributed by atoms with Gasteiger partial charge in [0.25, 0.3) is 0 Å². The van der Waals surface area contributed by atoms with Crippen molar-refractivity contribution in [1.29, 1.82) is 0 Å². The van der Waals surface area contributed by atoms with E-state index in [2.05, 4.69) is 69.5 Å². The molecule has 0 spiro atoms. The summed E-state index contributed by atoms with van der Waals surface area (Å²) in [6.07, 6.45) is 0.834. The van der Waals surface area contributed by atoms with E-state index in [9.17, 15) is 0 Å². The summed E-state index contributed by atoms with van der Waals surface area (Å²) in [5.74, 6) is 0.929. The van der Waals surface area contributed by atoms with Gasteiger partial charge in [-0.25, -0.2) is 0 Å². The number of rotatable bonds is 5. The van der Waals surface area contributed by atoms with E-state index in [0.717, 1.165) is 33.6 Å². The summed E-state index contributed by atoms with van der Waals surface area (Å²) in [6, 6.07) is 27.1. The van der Waals surface area contributed by atoms with Gasteiger partial charge in [-0.1, -0.05) is 64.5 Å². The summed E-state index contributed by atoms with van der Waals surface area (Å²) < 4.78 is 6.98. The highest BCUT2D eigenvalue weighted by atomic mass is 79.9. The molecule has 0 N–H and O–H groups in total. The van der Waals surface area contributed by atoms with Crippen molar-refractivity contribution in [3.63, 3.8) is 0 Å². The average molecular weight is 421 g/mol. The highest BCUT2D eigenvalue weighted by Gasteiger charge is 2.31. The van der Waals surface area contributed by atoms with Crippen molar-refractivity contribution in [3.8, 4) is 5.75 Å². The van der Waals surface area contributed by atoms with Gasteiger partial charge in [-0.2, -0.15) is 5.10 Å². The summed E-state index contributed by atoms with van der Waals surface area (Å²) >= 11 is 3.51. The standard InChI is InChI=1S/C23H21BrN2O/c1-2-27-23-11-7-6-10-20(23)22-16-21(17-12-14-18(24)15-13-17)25-26(22)19-8-4-3-5-9-19/h3-15,22H,2,16H2,1H3/t22-/m1/s1. The van der Waals surface area contributed by atoms with Gasteiger partial charge in [0.2, 0.25) is 0 Å². The molecule has 1 heterocycles. The van der Waals surface area contributed by atoms with Crippen molar-refractivity contribution in [3.05, 3.63) is 94.5 Å². The van der Waals surface area contributed by atoms with Crippen LogP contribution in [0.15, 0.2) is 88.4 Å². The topological polar surface area (TPSA) is 24.8 Å². The Hall–Kier alpha value is -2.59. The van der Waals surface area contributed by atoms with E-state index in [4.69, 9.17) is 9.84 Å². The van der Waals surface area contributed by atoms with Gasteiger partial charge in [0.1, 0.15) is 5.75 Å². The maximum atomic E-state index is 5.91. The minimum absolute atomic E-state index is 0.105. The minimum atomic E-state index is 0.105. The molecule has 1 atom stereocenters. The Kier molecular flexibility index (Phi) is 5.26.